The number of nitrogens with one attached hydrogen (secondary N) is 1. The molecule has 0 saturated carbocycles. The van der Waals surface area contributed by atoms with Crippen LogP contribution < -0.4 is 5.32 Å². The van der Waals surface area contributed by atoms with Gasteiger partial charge in [-0.1, -0.05) is 32.0 Å². The zero-order valence-electron chi connectivity index (χ0n) is 10.0. The third-order valence-electron chi connectivity index (χ3n) is 2.15. The second-order valence-electron chi connectivity index (χ2n) is 4.24. The molecule has 0 aliphatic carbocycles. The Morgan fingerprint density at radius 2 is 2.06 bits per heavy atom. The summed E-state index contributed by atoms with van der Waals surface area (Å²) in [4.78, 5) is 0. The molecule has 1 rings (SSSR count). The molecule has 0 aliphatic heterocycles. The Morgan fingerprint density at radius 1 is 1.31 bits per heavy atom. The molecule has 0 atom stereocenters. The first-order valence-electron chi connectivity index (χ1n) is 5.72. The minimum absolute atomic E-state index is 0.121. The van der Waals surface area contributed by atoms with E-state index in [4.69, 9.17) is 0 Å². The molecule has 16 heavy (non-hydrogen) atoms. The minimum Gasteiger partial charge on any atom is -0.312 e. The van der Waals surface area contributed by atoms with E-state index in [1.807, 2.05) is 23.9 Å². The highest BCUT2D eigenvalue weighted by Crippen LogP contribution is 2.07. The summed E-state index contributed by atoms with van der Waals surface area (Å²) in [6.07, 6.45) is 0. The molecule has 1 aromatic rings. The van der Waals surface area contributed by atoms with Gasteiger partial charge in [0.25, 0.3) is 0 Å². The lowest BCUT2D eigenvalue weighted by Crippen LogP contribution is -2.17. The van der Waals surface area contributed by atoms with Gasteiger partial charge in [-0.15, -0.1) is 0 Å². The fourth-order valence-corrected chi connectivity index (χ4v) is 2.25. The van der Waals surface area contributed by atoms with E-state index in [2.05, 4.69) is 19.2 Å². The van der Waals surface area contributed by atoms with Crippen molar-refractivity contribution >= 4 is 11.8 Å². The number of halogens is 1. The molecule has 0 unspecified atom stereocenters. The van der Waals surface area contributed by atoms with Crippen LogP contribution in [0, 0.1) is 11.7 Å². The quantitative estimate of drug-likeness (QED) is 0.735. The van der Waals surface area contributed by atoms with E-state index in [-0.39, 0.29) is 5.82 Å². The van der Waals surface area contributed by atoms with Crippen molar-refractivity contribution < 1.29 is 4.39 Å². The van der Waals surface area contributed by atoms with E-state index in [0.29, 0.717) is 6.54 Å². The fraction of sp³-hybridized carbons (Fsp3) is 0.538. The van der Waals surface area contributed by atoms with Gasteiger partial charge in [-0.3, -0.25) is 0 Å². The summed E-state index contributed by atoms with van der Waals surface area (Å²) in [5.74, 6) is 2.91. The molecule has 0 radical (unpaired) electrons. The molecular formula is C13H20FNS. The van der Waals surface area contributed by atoms with Crippen LogP contribution in [0.25, 0.3) is 0 Å². The van der Waals surface area contributed by atoms with Crippen molar-refractivity contribution in [2.24, 2.45) is 5.92 Å². The Bertz CT molecular complexity index is 302. The van der Waals surface area contributed by atoms with E-state index in [0.717, 1.165) is 23.8 Å². The highest BCUT2D eigenvalue weighted by atomic mass is 32.2. The van der Waals surface area contributed by atoms with Gasteiger partial charge in [-0.2, -0.15) is 11.8 Å². The Morgan fingerprint density at radius 3 is 2.75 bits per heavy atom. The van der Waals surface area contributed by atoms with Crippen molar-refractivity contribution in [3.8, 4) is 0 Å². The van der Waals surface area contributed by atoms with Gasteiger partial charge in [0.1, 0.15) is 5.82 Å². The maximum absolute atomic E-state index is 13.2. The lowest BCUT2D eigenvalue weighted by atomic mass is 10.2. The van der Waals surface area contributed by atoms with Crippen LogP contribution in [0.5, 0.6) is 0 Å². The molecule has 0 heterocycles. The van der Waals surface area contributed by atoms with Crippen molar-refractivity contribution in [2.45, 2.75) is 20.4 Å². The van der Waals surface area contributed by atoms with Gasteiger partial charge in [0, 0.05) is 24.4 Å². The average molecular weight is 241 g/mol. The standard InChI is InChI=1S/C13H20FNS/c1-11(2)10-16-8-7-15-9-12-5-3-4-6-13(12)14/h3-6,11,15H,7-10H2,1-2H3. The summed E-state index contributed by atoms with van der Waals surface area (Å²) >= 11 is 1.94. The topological polar surface area (TPSA) is 12.0 Å². The van der Waals surface area contributed by atoms with E-state index in [9.17, 15) is 4.39 Å². The van der Waals surface area contributed by atoms with Gasteiger partial charge < -0.3 is 5.32 Å². The Balaban J connectivity index is 2.10. The lowest BCUT2D eigenvalue weighted by molar-refractivity contribution is 0.594. The first-order chi connectivity index (χ1) is 7.70. The summed E-state index contributed by atoms with van der Waals surface area (Å²) in [6.45, 7) is 6.00. The van der Waals surface area contributed by atoms with Crippen LogP contribution in [0.1, 0.15) is 19.4 Å². The van der Waals surface area contributed by atoms with Crippen molar-refractivity contribution in [1.82, 2.24) is 5.32 Å². The van der Waals surface area contributed by atoms with E-state index >= 15 is 0 Å². The predicted molar refractivity (Wildman–Crippen MR) is 70.3 cm³/mol. The van der Waals surface area contributed by atoms with Crippen molar-refractivity contribution in [2.75, 3.05) is 18.1 Å². The average Bonchev–Trinajstić information content (AvgIpc) is 2.25. The molecule has 0 saturated heterocycles. The van der Waals surface area contributed by atoms with Crippen LogP contribution in [0.4, 0.5) is 4.39 Å². The Hall–Kier alpha value is -0.540. The highest BCUT2D eigenvalue weighted by molar-refractivity contribution is 7.99. The van der Waals surface area contributed by atoms with Crippen LogP contribution in [-0.2, 0) is 6.54 Å². The zero-order chi connectivity index (χ0) is 11.8. The number of hydrogen-bond donors (Lipinski definition) is 1. The highest BCUT2D eigenvalue weighted by Gasteiger charge is 1.99. The SMILES string of the molecule is CC(C)CSCCNCc1ccccc1F. The molecule has 1 aromatic carbocycles. The third-order valence-corrected chi connectivity index (χ3v) is 3.54. The summed E-state index contributed by atoms with van der Waals surface area (Å²) < 4.78 is 13.2. The molecule has 0 fully saturated rings. The summed E-state index contributed by atoms with van der Waals surface area (Å²) in [5, 5.41) is 3.26. The maximum atomic E-state index is 13.2. The second kappa shape index (κ2) is 7.69. The van der Waals surface area contributed by atoms with Crippen LogP contribution in [0.2, 0.25) is 0 Å². The summed E-state index contributed by atoms with van der Waals surface area (Å²) in [6, 6.07) is 6.92. The molecule has 0 bridgehead atoms. The number of rotatable bonds is 7. The van der Waals surface area contributed by atoms with E-state index < -0.39 is 0 Å². The normalized spacial score (nSPS) is 11.0. The number of thioether (sulfide) groups is 1. The minimum atomic E-state index is -0.121. The largest absolute Gasteiger partial charge is 0.312 e. The summed E-state index contributed by atoms with van der Waals surface area (Å²) in [7, 11) is 0. The number of benzene rings is 1. The van der Waals surface area contributed by atoms with Crippen LogP contribution in [0.3, 0.4) is 0 Å². The van der Waals surface area contributed by atoms with Crippen LogP contribution in [0.15, 0.2) is 24.3 Å². The monoisotopic (exact) mass is 241 g/mol. The maximum Gasteiger partial charge on any atom is 0.127 e. The lowest BCUT2D eigenvalue weighted by Gasteiger charge is -2.07. The van der Waals surface area contributed by atoms with Gasteiger partial charge in [0.2, 0.25) is 0 Å². The Labute approximate surface area is 102 Å². The first-order valence-corrected chi connectivity index (χ1v) is 6.87. The van der Waals surface area contributed by atoms with E-state index in [1.165, 1.54) is 11.8 Å². The molecule has 0 amide bonds. The first kappa shape index (κ1) is 13.5. The zero-order valence-corrected chi connectivity index (χ0v) is 10.8. The van der Waals surface area contributed by atoms with Gasteiger partial charge >= 0.3 is 0 Å². The molecule has 1 N–H and O–H groups in total. The van der Waals surface area contributed by atoms with Crippen molar-refractivity contribution in [3.05, 3.63) is 35.6 Å². The van der Waals surface area contributed by atoms with Gasteiger partial charge in [0.05, 0.1) is 0 Å². The molecule has 1 nitrogen and oxygen atoms in total. The molecule has 0 aliphatic rings. The van der Waals surface area contributed by atoms with Crippen molar-refractivity contribution in [3.63, 3.8) is 0 Å². The van der Waals surface area contributed by atoms with Gasteiger partial charge in [-0.25, -0.2) is 4.39 Å². The molecule has 0 spiro atoms. The van der Waals surface area contributed by atoms with Crippen molar-refractivity contribution in [1.29, 1.82) is 0 Å². The van der Waals surface area contributed by atoms with Crippen LogP contribution >= 0.6 is 11.8 Å². The molecule has 0 aromatic heterocycles. The fourth-order valence-electron chi connectivity index (χ4n) is 1.33. The summed E-state index contributed by atoms with van der Waals surface area (Å²) in [5.41, 5.74) is 0.747. The van der Waals surface area contributed by atoms with Gasteiger partial charge in [0.15, 0.2) is 0 Å². The molecular weight excluding hydrogens is 221 g/mol. The Kier molecular flexibility index (Phi) is 6.50. The number of hydrogen-bond acceptors (Lipinski definition) is 2. The second-order valence-corrected chi connectivity index (χ2v) is 5.39. The van der Waals surface area contributed by atoms with Crippen LogP contribution in [-0.4, -0.2) is 18.1 Å². The predicted octanol–water partition coefficient (Wildman–Crippen LogP) is 3.30. The smallest absolute Gasteiger partial charge is 0.127 e. The molecule has 90 valence electrons. The van der Waals surface area contributed by atoms with Gasteiger partial charge in [-0.05, 0) is 17.7 Å². The third kappa shape index (κ3) is 5.52. The molecule has 3 heteroatoms. The van der Waals surface area contributed by atoms with E-state index in [1.54, 1.807) is 6.07 Å².